The van der Waals surface area contributed by atoms with Crippen LogP contribution in [0.15, 0.2) is 42.5 Å². The van der Waals surface area contributed by atoms with E-state index in [1.807, 2.05) is 23.1 Å². The number of cyclic esters (lactones) is 1. The van der Waals surface area contributed by atoms with E-state index in [4.69, 9.17) is 10.5 Å². The van der Waals surface area contributed by atoms with Crippen molar-refractivity contribution in [1.82, 2.24) is 4.90 Å². The first-order valence-electron chi connectivity index (χ1n) is 12.8. The van der Waals surface area contributed by atoms with E-state index in [1.165, 1.54) is 7.05 Å². The van der Waals surface area contributed by atoms with Gasteiger partial charge in [-0.3, -0.25) is 13.9 Å². The third-order valence-corrected chi connectivity index (χ3v) is 7.90. The standard InChI is InChI=1S/C28H39N3O5S/c1-5-6-7-13-31-14-9-12-21-10-8-11-22(15-21)19-28(2,29)27(33)36-20-23-16-24(26(31)32)18-25(17-23)30(3)37(4,34)35/h8,10-11,15-18H,5-7,9,12-14,19-20,29H2,1-4H3. The Hall–Kier alpha value is -2.91. The Balaban J connectivity index is 2.03. The zero-order chi connectivity index (χ0) is 27.2. The molecule has 4 bridgehead atoms. The maximum absolute atomic E-state index is 13.7. The second kappa shape index (κ2) is 12.1. The van der Waals surface area contributed by atoms with Gasteiger partial charge in [-0.1, -0.05) is 44.0 Å². The number of rotatable bonds is 6. The first kappa shape index (κ1) is 28.7. The highest BCUT2D eigenvalue weighted by molar-refractivity contribution is 7.92. The predicted octanol–water partition coefficient (Wildman–Crippen LogP) is 3.66. The highest BCUT2D eigenvalue weighted by atomic mass is 32.2. The zero-order valence-corrected chi connectivity index (χ0v) is 23.1. The monoisotopic (exact) mass is 529 g/mol. The van der Waals surface area contributed by atoms with Gasteiger partial charge in [-0.2, -0.15) is 0 Å². The molecule has 0 spiro atoms. The molecule has 0 radical (unpaired) electrons. The molecule has 2 N–H and O–H groups in total. The Bertz CT molecular complexity index is 1230. The Morgan fingerprint density at radius 3 is 2.51 bits per heavy atom. The molecular weight excluding hydrogens is 490 g/mol. The van der Waals surface area contributed by atoms with Crippen LogP contribution in [0.5, 0.6) is 0 Å². The number of carbonyl (C=O) groups excluding carboxylic acids is 2. The summed E-state index contributed by atoms with van der Waals surface area (Å²) >= 11 is 0. The van der Waals surface area contributed by atoms with E-state index in [0.717, 1.165) is 53.8 Å². The molecule has 1 aliphatic rings. The van der Waals surface area contributed by atoms with E-state index in [0.29, 0.717) is 36.3 Å². The first-order chi connectivity index (χ1) is 17.4. The third kappa shape index (κ3) is 7.79. The summed E-state index contributed by atoms with van der Waals surface area (Å²) in [4.78, 5) is 28.5. The maximum atomic E-state index is 13.7. The number of hydrogen-bond donors (Lipinski definition) is 1. The van der Waals surface area contributed by atoms with Gasteiger partial charge in [0.05, 0.1) is 11.9 Å². The number of unbranched alkanes of at least 4 members (excludes halogenated alkanes) is 2. The number of amides is 1. The van der Waals surface area contributed by atoms with Crippen molar-refractivity contribution < 1.29 is 22.7 Å². The number of fused-ring (bicyclic) bond motifs is 4. The van der Waals surface area contributed by atoms with E-state index < -0.39 is 21.5 Å². The minimum atomic E-state index is -3.57. The van der Waals surface area contributed by atoms with E-state index in [9.17, 15) is 18.0 Å². The molecule has 0 aromatic heterocycles. The van der Waals surface area contributed by atoms with E-state index in [-0.39, 0.29) is 12.5 Å². The lowest BCUT2D eigenvalue weighted by Gasteiger charge is -2.26. The van der Waals surface area contributed by atoms with Crippen LogP contribution in [0.4, 0.5) is 5.69 Å². The molecule has 9 heteroatoms. The number of aryl methyl sites for hydroxylation is 1. The summed E-state index contributed by atoms with van der Waals surface area (Å²) in [7, 11) is -2.13. The first-order valence-corrected chi connectivity index (χ1v) is 14.7. The number of carbonyl (C=O) groups is 2. The van der Waals surface area contributed by atoms with Crippen molar-refractivity contribution in [2.45, 2.75) is 64.5 Å². The molecule has 202 valence electrons. The maximum Gasteiger partial charge on any atom is 0.326 e. The van der Waals surface area contributed by atoms with Crippen molar-refractivity contribution in [3.63, 3.8) is 0 Å². The number of nitrogens with two attached hydrogens (primary N) is 1. The summed E-state index contributed by atoms with van der Waals surface area (Å²) in [5.41, 5.74) is 8.39. The van der Waals surface area contributed by atoms with Crippen LogP contribution in [0.2, 0.25) is 0 Å². The fourth-order valence-corrected chi connectivity index (χ4v) is 4.97. The van der Waals surface area contributed by atoms with Crippen molar-refractivity contribution in [3.8, 4) is 0 Å². The quantitative estimate of drug-likeness (QED) is 0.452. The Labute approximate surface area is 220 Å². The van der Waals surface area contributed by atoms with Gasteiger partial charge in [0.1, 0.15) is 12.1 Å². The summed E-state index contributed by atoms with van der Waals surface area (Å²) in [6.07, 6.45) is 5.92. The number of anilines is 1. The highest BCUT2D eigenvalue weighted by Crippen LogP contribution is 2.24. The highest BCUT2D eigenvalue weighted by Gasteiger charge is 2.31. The molecule has 0 aliphatic carbocycles. The van der Waals surface area contributed by atoms with Crippen molar-refractivity contribution in [2.75, 3.05) is 30.7 Å². The van der Waals surface area contributed by atoms with E-state index >= 15 is 0 Å². The molecule has 2 aromatic rings. The van der Waals surface area contributed by atoms with Crippen LogP contribution in [0.1, 0.15) is 66.6 Å². The largest absolute Gasteiger partial charge is 0.459 e. The van der Waals surface area contributed by atoms with Gasteiger partial charge in [-0.15, -0.1) is 0 Å². The van der Waals surface area contributed by atoms with Crippen molar-refractivity contribution in [2.24, 2.45) is 5.73 Å². The van der Waals surface area contributed by atoms with Gasteiger partial charge in [0.25, 0.3) is 5.91 Å². The van der Waals surface area contributed by atoms with Crippen LogP contribution in [-0.2, 0) is 39.0 Å². The summed E-state index contributed by atoms with van der Waals surface area (Å²) in [6, 6.07) is 12.9. The van der Waals surface area contributed by atoms with Gasteiger partial charge >= 0.3 is 5.97 Å². The van der Waals surface area contributed by atoms with Gasteiger partial charge in [0.15, 0.2) is 0 Å². The predicted molar refractivity (Wildman–Crippen MR) is 146 cm³/mol. The summed E-state index contributed by atoms with van der Waals surface area (Å²) in [5.74, 6) is -0.738. The van der Waals surface area contributed by atoms with E-state index in [2.05, 4.69) is 13.0 Å². The minimum absolute atomic E-state index is 0.132. The van der Waals surface area contributed by atoms with Crippen molar-refractivity contribution in [3.05, 3.63) is 64.7 Å². The van der Waals surface area contributed by atoms with Gasteiger partial charge in [-0.05, 0) is 61.1 Å². The summed E-state index contributed by atoms with van der Waals surface area (Å²) in [5, 5.41) is 0. The number of hydrogen-bond acceptors (Lipinski definition) is 6. The van der Waals surface area contributed by atoms with Crippen LogP contribution < -0.4 is 10.0 Å². The molecule has 0 saturated heterocycles. The summed E-state index contributed by atoms with van der Waals surface area (Å²) < 4.78 is 31.2. The van der Waals surface area contributed by atoms with Gasteiger partial charge in [0, 0.05) is 32.1 Å². The third-order valence-electron chi connectivity index (χ3n) is 6.70. The molecule has 1 amide bonds. The van der Waals surface area contributed by atoms with Gasteiger partial charge in [0.2, 0.25) is 10.0 Å². The number of esters is 1. The number of benzene rings is 2. The summed E-state index contributed by atoms with van der Waals surface area (Å²) in [6.45, 7) is 4.83. The lowest BCUT2D eigenvalue weighted by atomic mass is 9.92. The Morgan fingerprint density at radius 2 is 1.81 bits per heavy atom. The molecule has 1 unspecified atom stereocenters. The van der Waals surface area contributed by atoms with Crippen LogP contribution in [0.3, 0.4) is 0 Å². The Kier molecular flexibility index (Phi) is 9.36. The van der Waals surface area contributed by atoms with Crippen molar-refractivity contribution in [1.29, 1.82) is 0 Å². The molecule has 0 fully saturated rings. The van der Waals surface area contributed by atoms with Gasteiger partial charge in [-0.25, -0.2) is 8.42 Å². The smallest absolute Gasteiger partial charge is 0.326 e. The molecule has 37 heavy (non-hydrogen) atoms. The van der Waals surface area contributed by atoms with E-state index in [1.54, 1.807) is 25.1 Å². The average molecular weight is 530 g/mol. The topological polar surface area (TPSA) is 110 Å². The van der Waals surface area contributed by atoms with Crippen LogP contribution in [-0.4, -0.2) is 57.1 Å². The molecule has 1 heterocycles. The molecule has 2 aromatic carbocycles. The Morgan fingerprint density at radius 1 is 1.08 bits per heavy atom. The second-order valence-electron chi connectivity index (χ2n) is 10.2. The SMILES string of the molecule is CCCCCN1CCCc2cccc(c2)CC(C)(N)C(=O)OCc2cc(cc(N(C)S(C)(=O)=O)c2)C1=O. The molecule has 3 rings (SSSR count). The minimum Gasteiger partial charge on any atom is -0.459 e. The molecular formula is C28H39N3O5S. The fourth-order valence-electron chi connectivity index (χ4n) is 4.48. The van der Waals surface area contributed by atoms with Crippen molar-refractivity contribution >= 4 is 27.6 Å². The van der Waals surface area contributed by atoms with Gasteiger partial charge < -0.3 is 15.4 Å². The second-order valence-corrected chi connectivity index (χ2v) is 12.2. The lowest BCUT2D eigenvalue weighted by molar-refractivity contribution is -0.150. The number of ether oxygens (including phenoxy) is 1. The number of sulfonamides is 1. The van der Waals surface area contributed by atoms with Crippen LogP contribution in [0.25, 0.3) is 0 Å². The van der Waals surface area contributed by atoms with Crippen LogP contribution in [0, 0.1) is 0 Å². The van der Waals surface area contributed by atoms with Crippen LogP contribution >= 0.6 is 0 Å². The molecule has 8 nitrogen and oxygen atoms in total. The molecule has 1 atom stereocenters. The average Bonchev–Trinajstić information content (AvgIpc) is 2.84. The molecule has 1 aliphatic heterocycles. The zero-order valence-electron chi connectivity index (χ0n) is 22.3. The fraction of sp³-hybridized carbons (Fsp3) is 0.500. The molecule has 0 saturated carbocycles. The lowest BCUT2D eigenvalue weighted by Crippen LogP contribution is -2.48. The normalized spacial score (nSPS) is 19.4. The number of nitrogens with zero attached hydrogens (tertiary/aromatic N) is 2.